The van der Waals surface area contributed by atoms with Crippen molar-refractivity contribution in [2.45, 2.75) is 6.54 Å². The fraction of sp³-hybridized carbons (Fsp3) is 0.214. The first-order valence-electron chi connectivity index (χ1n) is 6.06. The maximum atomic E-state index is 11.5. The lowest BCUT2D eigenvalue weighted by molar-refractivity contribution is 0.0594. The Balaban J connectivity index is 2.25. The third-order valence-corrected chi connectivity index (χ3v) is 2.80. The highest BCUT2D eigenvalue weighted by Gasteiger charge is 2.13. The molecule has 0 bridgehead atoms. The van der Waals surface area contributed by atoms with E-state index >= 15 is 0 Å². The normalized spacial score (nSPS) is 10.1. The van der Waals surface area contributed by atoms with Gasteiger partial charge in [0.05, 0.1) is 12.8 Å². The van der Waals surface area contributed by atoms with Crippen molar-refractivity contribution in [3.05, 3.63) is 47.9 Å². The van der Waals surface area contributed by atoms with Crippen molar-refractivity contribution in [3.63, 3.8) is 0 Å². The molecular formula is C14H16N4O2. The molecule has 0 fully saturated rings. The Bertz CT molecular complexity index is 601. The molecule has 2 rings (SSSR count). The number of anilines is 2. The van der Waals surface area contributed by atoms with Gasteiger partial charge in [-0.1, -0.05) is 6.07 Å². The van der Waals surface area contributed by atoms with Crippen molar-refractivity contribution in [1.29, 1.82) is 0 Å². The van der Waals surface area contributed by atoms with Gasteiger partial charge in [-0.3, -0.25) is 4.98 Å². The quantitative estimate of drug-likeness (QED) is 0.849. The number of methoxy groups -OCH3 is 1. The third-order valence-electron chi connectivity index (χ3n) is 2.80. The lowest BCUT2D eigenvalue weighted by atomic mass is 10.2. The number of nitrogen functional groups attached to an aromatic ring is 1. The van der Waals surface area contributed by atoms with Gasteiger partial charge < -0.3 is 15.4 Å². The van der Waals surface area contributed by atoms with Gasteiger partial charge in [-0.2, -0.15) is 0 Å². The van der Waals surface area contributed by atoms with Crippen molar-refractivity contribution in [2.24, 2.45) is 0 Å². The fourth-order valence-electron chi connectivity index (χ4n) is 1.82. The van der Waals surface area contributed by atoms with Crippen LogP contribution in [0, 0.1) is 0 Å². The Morgan fingerprint density at radius 1 is 1.40 bits per heavy atom. The van der Waals surface area contributed by atoms with Crippen LogP contribution in [0.25, 0.3) is 0 Å². The zero-order chi connectivity index (χ0) is 14.5. The van der Waals surface area contributed by atoms with Gasteiger partial charge in [0.1, 0.15) is 0 Å². The van der Waals surface area contributed by atoms with Gasteiger partial charge in [0.2, 0.25) is 0 Å². The highest BCUT2D eigenvalue weighted by atomic mass is 16.5. The van der Waals surface area contributed by atoms with Gasteiger partial charge in [-0.25, -0.2) is 9.78 Å². The summed E-state index contributed by atoms with van der Waals surface area (Å²) in [5.74, 6) is 0.0535. The van der Waals surface area contributed by atoms with E-state index in [2.05, 4.69) is 14.7 Å². The molecule has 0 amide bonds. The molecule has 0 aliphatic heterocycles. The molecular weight excluding hydrogens is 256 g/mol. The molecule has 2 N–H and O–H groups in total. The predicted octanol–water partition coefficient (Wildman–Crippen LogP) is 1.48. The number of hydrogen-bond donors (Lipinski definition) is 1. The van der Waals surface area contributed by atoms with Gasteiger partial charge in [0.15, 0.2) is 11.5 Å². The average molecular weight is 272 g/mol. The van der Waals surface area contributed by atoms with Gasteiger partial charge in [0.25, 0.3) is 0 Å². The minimum absolute atomic E-state index is 0.231. The number of pyridine rings is 2. The van der Waals surface area contributed by atoms with Crippen molar-refractivity contribution in [2.75, 3.05) is 24.8 Å². The van der Waals surface area contributed by atoms with E-state index in [4.69, 9.17) is 5.73 Å². The first-order valence-corrected chi connectivity index (χ1v) is 6.06. The molecule has 2 aromatic heterocycles. The summed E-state index contributed by atoms with van der Waals surface area (Å²) in [6.45, 7) is 0.593. The topological polar surface area (TPSA) is 81.3 Å². The Labute approximate surface area is 117 Å². The first kappa shape index (κ1) is 13.8. The predicted molar refractivity (Wildman–Crippen MR) is 76.3 cm³/mol. The number of hydrogen-bond acceptors (Lipinski definition) is 6. The fourth-order valence-corrected chi connectivity index (χ4v) is 1.82. The van der Waals surface area contributed by atoms with E-state index in [0.717, 1.165) is 5.56 Å². The average Bonchev–Trinajstić information content (AvgIpc) is 2.48. The smallest absolute Gasteiger partial charge is 0.356 e. The Kier molecular flexibility index (Phi) is 4.14. The molecule has 6 nitrogen and oxygen atoms in total. The van der Waals surface area contributed by atoms with Gasteiger partial charge in [-0.15, -0.1) is 0 Å². The molecule has 0 spiro atoms. The summed E-state index contributed by atoms with van der Waals surface area (Å²) < 4.78 is 4.66. The standard InChI is InChI=1S/C14H16N4O2/c1-18(9-10-4-3-7-16-8-10)13-11(15)5-6-12(17-13)14(19)20-2/h3-8H,9,15H2,1-2H3. The van der Waals surface area contributed by atoms with Crippen LogP contribution in [0.4, 0.5) is 11.5 Å². The minimum Gasteiger partial charge on any atom is -0.464 e. The molecule has 0 aliphatic carbocycles. The van der Waals surface area contributed by atoms with Crippen molar-refractivity contribution in [3.8, 4) is 0 Å². The molecule has 0 saturated carbocycles. The van der Waals surface area contributed by atoms with Crippen LogP contribution in [0.3, 0.4) is 0 Å². The first-order chi connectivity index (χ1) is 9.61. The second-order valence-electron chi connectivity index (χ2n) is 4.32. The molecule has 2 aromatic rings. The second-order valence-corrected chi connectivity index (χ2v) is 4.32. The number of carbonyl (C=O) groups is 1. The van der Waals surface area contributed by atoms with Crippen LogP contribution >= 0.6 is 0 Å². The lowest BCUT2D eigenvalue weighted by Gasteiger charge is -2.20. The highest BCUT2D eigenvalue weighted by molar-refractivity contribution is 5.88. The zero-order valence-electron chi connectivity index (χ0n) is 11.4. The Hall–Kier alpha value is -2.63. The third kappa shape index (κ3) is 3.03. The number of nitrogens with two attached hydrogens (primary N) is 1. The summed E-state index contributed by atoms with van der Waals surface area (Å²) in [5.41, 5.74) is 7.68. The second kappa shape index (κ2) is 6.01. The number of rotatable bonds is 4. The molecule has 0 unspecified atom stereocenters. The number of carbonyl (C=O) groups excluding carboxylic acids is 1. The number of nitrogens with zero attached hydrogens (tertiary/aromatic N) is 3. The van der Waals surface area contributed by atoms with E-state index in [1.54, 1.807) is 24.5 Å². The Morgan fingerprint density at radius 2 is 2.20 bits per heavy atom. The van der Waals surface area contributed by atoms with Crippen LogP contribution in [0.1, 0.15) is 16.1 Å². The minimum atomic E-state index is -0.485. The van der Waals surface area contributed by atoms with E-state index in [-0.39, 0.29) is 5.69 Å². The van der Waals surface area contributed by atoms with Crippen molar-refractivity contribution < 1.29 is 9.53 Å². The highest BCUT2D eigenvalue weighted by Crippen LogP contribution is 2.21. The molecule has 20 heavy (non-hydrogen) atoms. The van der Waals surface area contributed by atoms with E-state index in [1.165, 1.54) is 7.11 Å². The van der Waals surface area contributed by atoms with Gasteiger partial charge in [-0.05, 0) is 23.8 Å². The number of ether oxygens (including phenoxy) is 1. The monoisotopic (exact) mass is 272 g/mol. The summed E-state index contributed by atoms with van der Waals surface area (Å²) in [7, 11) is 3.17. The SMILES string of the molecule is COC(=O)c1ccc(N)c(N(C)Cc2cccnc2)n1. The molecule has 104 valence electrons. The lowest BCUT2D eigenvalue weighted by Crippen LogP contribution is -2.20. The zero-order valence-corrected chi connectivity index (χ0v) is 11.4. The van der Waals surface area contributed by atoms with Crippen molar-refractivity contribution in [1.82, 2.24) is 9.97 Å². The van der Waals surface area contributed by atoms with Gasteiger partial charge >= 0.3 is 5.97 Å². The largest absolute Gasteiger partial charge is 0.464 e. The molecule has 2 heterocycles. The van der Waals surface area contributed by atoms with Crippen LogP contribution in [0.2, 0.25) is 0 Å². The maximum absolute atomic E-state index is 11.5. The van der Waals surface area contributed by atoms with Crippen LogP contribution in [0.15, 0.2) is 36.7 Å². The number of aromatic nitrogens is 2. The molecule has 0 radical (unpaired) electrons. The molecule has 0 aromatic carbocycles. The van der Waals surface area contributed by atoms with Crippen molar-refractivity contribution >= 4 is 17.5 Å². The molecule has 6 heteroatoms. The van der Waals surface area contributed by atoms with Crippen LogP contribution in [0.5, 0.6) is 0 Å². The number of esters is 1. The van der Waals surface area contributed by atoms with E-state index < -0.39 is 5.97 Å². The van der Waals surface area contributed by atoms with Crippen LogP contribution in [-0.4, -0.2) is 30.1 Å². The van der Waals surface area contributed by atoms with E-state index in [0.29, 0.717) is 18.1 Å². The molecule has 0 aliphatic rings. The summed E-state index contributed by atoms with van der Waals surface area (Å²) in [6.07, 6.45) is 3.49. The summed E-state index contributed by atoms with van der Waals surface area (Å²) >= 11 is 0. The summed E-state index contributed by atoms with van der Waals surface area (Å²) in [6, 6.07) is 7.02. The summed E-state index contributed by atoms with van der Waals surface area (Å²) in [5, 5.41) is 0. The van der Waals surface area contributed by atoms with Crippen LogP contribution < -0.4 is 10.6 Å². The maximum Gasteiger partial charge on any atom is 0.356 e. The molecule has 0 saturated heterocycles. The van der Waals surface area contributed by atoms with E-state index in [1.807, 2.05) is 24.1 Å². The van der Waals surface area contributed by atoms with E-state index in [9.17, 15) is 4.79 Å². The summed E-state index contributed by atoms with van der Waals surface area (Å²) in [4.78, 5) is 21.7. The molecule has 0 atom stereocenters. The Morgan fingerprint density at radius 3 is 2.85 bits per heavy atom. The van der Waals surface area contributed by atoms with Crippen LogP contribution in [-0.2, 0) is 11.3 Å². The van der Waals surface area contributed by atoms with Gasteiger partial charge in [0, 0.05) is 26.0 Å².